The Morgan fingerprint density at radius 2 is 1.64 bits per heavy atom. The maximum absolute atomic E-state index is 12.1. The summed E-state index contributed by atoms with van der Waals surface area (Å²) in [5, 5.41) is 79.8. The summed E-state index contributed by atoms with van der Waals surface area (Å²) in [6, 6.07) is 0.303. The summed E-state index contributed by atoms with van der Waals surface area (Å²) >= 11 is 3.49. The fraction of sp³-hybridized carbons (Fsp3) is 0.926. The zero-order valence-corrected chi connectivity index (χ0v) is 26.5. The van der Waals surface area contributed by atoms with E-state index in [0.29, 0.717) is 36.1 Å². The Balaban J connectivity index is 1.04. The highest BCUT2D eigenvalue weighted by Crippen LogP contribution is 2.33. The van der Waals surface area contributed by atoms with Crippen molar-refractivity contribution in [1.29, 1.82) is 0 Å². The summed E-state index contributed by atoms with van der Waals surface area (Å²) in [5.41, 5.74) is 0. The number of thioether (sulfide) groups is 2. The average Bonchev–Trinajstić information content (AvgIpc) is 3.58. The maximum Gasteiger partial charge on any atom is 0.315 e. The monoisotopic (exact) mass is 685 g/mol. The van der Waals surface area contributed by atoms with Crippen molar-refractivity contribution >= 4 is 35.5 Å². The molecule has 0 aromatic carbocycles. The van der Waals surface area contributed by atoms with Gasteiger partial charge in [0.2, 0.25) is 5.91 Å². The van der Waals surface area contributed by atoms with Gasteiger partial charge >= 0.3 is 6.03 Å². The molecule has 3 amide bonds. The van der Waals surface area contributed by atoms with Gasteiger partial charge in [-0.1, -0.05) is 6.42 Å². The quantitative estimate of drug-likeness (QED) is 0.0529. The first-order chi connectivity index (χ1) is 21.6. The van der Waals surface area contributed by atoms with Crippen molar-refractivity contribution in [2.45, 2.75) is 111 Å². The third kappa shape index (κ3) is 9.77. The minimum absolute atomic E-state index is 0.0148. The van der Waals surface area contributed by atoms with Crippen LogP contribution in [0.4, 0.5) is 4.79 Å². The normalized spacial score (nSPS) is 39.7. The zero-order chi connectivity index (χ0) is 32.5. The van der Waals surface area contributed by atoms with Crippen molar-refractivity contribution in [3.63, 3.8) is 0 Å². The summed E-state index contributed by atoms with van der Waals surface area (Å²) in [6.07, 6.45) is -11.1. The van der Waals surface area contributed by atoms with E-state index in [9.17, 15) is 45.3 Å². The number of urea groups is 1. The van der Waals surface area contributed by atoms with Gasteiger partial charge in [0.1, 0.15) is 48.8 Å². The van der Waals surface area contributed by atoms with Crippen LogP contribution in [-0.4, -0.2) is 170 Å². The molecule has 18 heteroatoms. The highest BCUT2D eigenvalue weighted by Gasteiger charge is 2.50. The summed E-state index contributed by atoms with van der Waals surface area (Å²) in [7, 11) is 0. The number of unbranched alkanes of at least 4 members (excludes halogenated alkanes) is 1. The molecule has 0 unspecified atom stereocenters. The number of fused-ring (bicyclic) bond motifs is 1. The van der Waals surface area contributed by atoms with Gasteiger partial charge in [-0.2, -0.15) is 23.5 Å². The van der Waals surface area contributed by atoms with E-state index in [4.69, 9.17) is 18.9 Å². The molecule has 10 N–H and O–H groups in total. The number of carbonyl (C=O) groups excluding carboxylic acids is 2. The van der Waals surface area contributed by atoms with E-state index in [1.807, 2.05) is 11.8 Å². The largest absolute Gasteiger partial charge is 0.394 e. The summed E-state index contributed by atoms with van der Waals surface area (Å²) in [4.78, 5) is 23.6. The van der Waals surface area contributed by atoms with E-state index in [1.54, 1.807) is 11.8 Å². The first-order valence-corrected chi connectivity index (χ1v) is 17.6. The maximum atomic E-state index is 12.1. The van der Waals surface area contributed by atoms with Crippen LogP contribution >= 0.6 is 23.5 Å². The van der Waals surface area contributed by atoms with Crippen LogP contribution in [-0.2, 0) is 23.7 Å². The molecule has 4 aliphatic rings. The minimum atomic E-state index is -1.73. The van der Waals surface area contributed by atoms with E-state index in [2.05, 4.69) is 16.0 Å². The standard InChI is InChI=1S/C27H47N3O13S2/c31-10-14-19(34)20(35)22(37)26(41-14)43-24-15(11-32)42-25(23(38)21(24)36)40-7-3-8-44-9-6-28-17(33)5-2-1-4-16-18-13(12-45-16)29-27(39)30-18/h13-16,18-26,31-32,34-38H,1-12H2,(H,28,33)(H2,29,30,39)/t13-,14+,15+,16-,18-,19-,20-,21+,22+,23+,24+,25+,26-/m0/s1. The fourth-order valence-corrected chi connectivity index (χ4v) is 8.10. The number of hydrogen-bond acceptors (Lipinski definition) is 15. The molecular formula is C27H47N3O13S2. The van der Waals surface area contributed by atoms with E-state index in [1.165, 1.54) is 0 Å². The molecule has 0 saturated carbocycles. The number of ether oxygens (including phenoxy) is 4. The number of amides is 3. The summed E-state index contributed by atoms with van der Waals surface area (Å²) in [5.74, 6) is 2.36. The van der Waals surface area contributed by atoms with Crippen LogP contribution in [0.2, 0.25) is 0 Å². The second-order valence-corrected chi connectivity index (χ2v) is 14.1. The van der Waals surface area contributed by atoms with Gasteiger partial charge in [0.05, 0.1) is 31.9 Å². The van der Waals surface area contributed by atoms with Gasteiger partial charge in [-0.3, -0.25) is 4.79 Å². The molecule has 0 radical (unpaired) electrons. The van der Waals surface area contributed by atoms with Crippen LogP contribution in [0.3, 0.4) is 0 Å². The predicted octanol–water partition coefficient (Wildman–Crippen LogP) is -3.41. The van der Waals surface area contributed by atoms with Crippen molar-refractivity contribution in [2.24, 2.45) is 0 Å². The fourth-order valence-electron chi connectivity index (χ4n) is 5.78. The van der Waals surface area contributed by atoms with E-state index in [-0.39, 0.29) is 30.6 Å². The number of hydrogen-bond donors (Lipinski definition) is 10. The lowest BCUT2D eigenvalue weighted by Crippen LogP contribution is -2.64. The topological polar surface area (TPSA) is 249 Å². The smallest absolute Gasteiger partial charge is 0.315 e. The number of aliphatic hydroxyl groups excluding tert-OH is 7. The number of carbonyl (C=O) groups is 2. The highest BCUT2D eigenvalue weighted by atomic mass is 32.2. The molecule has 260 valence electrons. The van der Waals surface area contributed by atoms with Gasteiger partial charge in [-0.15, -0.1) is 0 Å². The third-order valence-electron chi connectivity index (χ3n) is 8.32. The lowest BCUT2D eigenvalue weighted by Gasteiger charge is -2.45. The molecule has 13 atom stereocenters. The zero-order valence-electron chi connectivity index (χ0n) is 24.9. The Labute approximate surface area is 269 Å². The number of aliphatic hydroxyl groups is 7. The van der Waals surface area contributed by atoms with Crippen LogP contribution in [0.1, 0.15) is 32.1 Å². The van der Waals surface area contributed by atoms with Gasteiger partial charge in [-0.05, 0) is 25.0 Å². The molecule has 0 aromatic heterocycles. The second-order valence-electron chi connectivity index (χ2n) is 11.6. The molecule has 4 saturated heterocycles. The molecule has 0 aromatic rings. The molecule has 0 spiro atoms. The van der Waals surface area contributed by atoms with Crippen LogP contribution in [0.5, 0.6) is 0 Å². The van der Waals surface area contributed by atoms with Crippen molar-refractivity contribution in [1.82, 2.24) is 16.0 Å². The molecule has 4 aliphatic heterocycles. The lowest BCUT2D eigenvalue weighted by atomic mass is 9.97. The minimum Gasteiger partial charge on any atom is -0.394 e. The average molecular weight is 686 g/mol. The van der Waals surface area contributed by atoms with Crippen molar-refractivity contribution in [3.05, 3.63) is 0 Å². The molecular weight excluding hydrogens is 638 g/mol. The summed E-state index contributed by atoms with van der Waals surface area (Å²) < 4.78 is 22.0. The van der Waals surface area contributed by atoms with Crippen LogP contribution in [0.15, 0.2) is 0 Å². The van der Waals surface area contributed by atoms with Gasteiger partial charge in [0, 0.05) is 29.7 Å². The van der Waals surface area contributed by atoms with E-state index < -0.39 is 74.6 Å². The van der Waals surface area contributed by atoms with Crippen molar-refractivity contribution in [2.75, 3.05) is 43.6 Å². The van der Waals surface area contributed by atoms with E-state index >= 15 is 0 Å². The van der Waals surface area contributed by atoms with Crippen LogP contribution < -0.4 is 16.0 Å². The van der Waals surface area contributed by atoms with Gasteiger partial charge in [-0.25, -0.2) is 4.79 Å². The molecule has 4 fully saturated rings. The molecule has 0 bridgehead atoms. The SMILES string of the molecule is O=C(CCCC[C@@H]1SC[C@@H]2NC(=O)N[C@@H]21)NCCSCCCO[C@@H]1O[C@H](CO)[C@@H](O[C@@H]2O[C@H](CO)[C@H](O)[C@H](O)[C@H]2O)[C@H](O)[C@H]1O. The predicted molar refractivity (Wildman–Crippen MR) is 161 cm³/mol. The molecule has 0 aliphatic carbocycles. The molecule has 4 heterocycles. The Bertz CT molecular complexity index is 940. The van der Waals surface area contributed by atoms with Crippen molar-refractivity contribution in [3.8, 4) is 0 Å². The Hall–Kier alpha value is -1.00. The van der Waals surface area contributed by atoms with Gasteiger partial charge in [0.25, 0.3) is 0 Å². The van der Waals surface area contributed by atoms with Crippen LogP contribution in [0.25, 0.3) is 0 Å². The molecule has 45 heavy (non-hydrogen) atoms. The van der Waals surface area contributed by atoms with Crippen molar-refractivity contribution < 1.29 is 64.3 Å². The van der Waals surface area contributed by atoms with Crippen LogP contribution in [0, 0.1) is 0 Å². The first-order valence-electron chi connectivity index (χ1n) is 15.4. The lowest BCUT2D eigenvalue weighted by molar-refractivity contribution is -0.359. The number of nitrogens with one attached hydrogen (secondary N) is 3. The van der Waals surface area contributed by atoms with E-state index in [0.717, 1.165) is 25.0 Å². The Morgan fingerprint density at radius 1 is 0.911 bits per heavy atom. The molecule has 16 nitrogen and oxygen atoms in total. The highest BCUT2D eigenvalue weighted by molar-refractivity contribution is 8.00. The van der Waals surface area contributed by atoms with Gasteiger partial charge in [0.15, 0.2) is 12.6 Å². The Morgan fingerprint density at radius 3 is 2.40 bits per heavy atom. The second kappa shape index (κ2) is 18.0. The first kappa shape index (κ1) is 36.8. The summed E-state index contributed by atoms with van der Waals surface area (Å²) in [6.45, 7) is -0.586. The third-order valence-corrected chi connectivity index (χ3v) is 10.9. The number of rotatable bonds is 17. The van der Waals surface area contributed by atoms with Gasteiger partial charge < -0.3 is 70.6 Å². The molecule has 4 rings (SSSR count). The Kier molecular flexibility index (Phi) is 14.7.